The Kier molecular flexibility index (Phi) is 3.59. The first-order valence-corrected chi connectivity index (χ1v) is 6.25. The van der Waals surface area contributed by atoms with Gasteiger partial charge in [-0.05, 0) is 31.2 Å². The first-order chi connectivity index (χ1) is 8.56. The lowest BCUT2D eigenvalue weighted by Gasteiger charge is -2.03. The maximum Gasteiger partial charge on any atom is 0.242 e. The van der Waals surface area contributed by atoms with Crippen molar-refractivity contribution in [3.05, 3.63) is 29.6 Å². The molecule has 2 rings (SSSR count). The third-order valence-corrected chi connectivity index (χ3v) is 3.07. The highest BCUT2D eigenvalue weighted by Gasteiger charge is 2.10. The topological polar surface area (TPSA) is 88.2 Å². The van der Waals surface area contributed by atoms with Gasteiger partial charge in [-0.2, -0.15) is 0 Å². The molecule has 2 aromatic rings. The van der Waals surface area contributed by atoms with Crippen LogP contribution in [0.15, 0.2) is 29.6 Å². The van der Waals surface area contributed by atoms with Crippen LogP contribution in [0.4, 0.5) is 5.13 Å². The number of carbonyl (C=O) groups excluding carboxylic acids is 1. The molecule has 0 saturated carbocycles. The molecule has 0 aliphatic rings. The van der Waals surface area contributed by atoms with Crippen LogP contribution >= 0.6 is 11.3 Å². The van der Waals surface area contributed by atoms with E-state index in [9.17, 15) is 9.90 Å². The zero-order chi connectivity index (χ0) is 13.1. The fraction of sp³-hybridized carbons (Fsp3) is 0.167. The van der Waals surface area contributed by atoms with Crippen LogP contribution in [0.2, 0.25) is 0 Å². The summed E-state index contributed by atoms with van der Waals surface area (Å²) in [5.41, 5.74) is 7.09. The van der Waals surface area contributed by atoms with E-state index in [0.717, 1.165) is 11.3 Å². The highest BCUT2D eigenvalue weighted by molar-refractivity contribution is 7.14. The normalized spacial score (nSPS) is 12.1. The van der Waals surface area contributed by atoms with E-state index in [2.05, 4.69) is 10.3 Å². The van der Waals surface area contributed by atoms with Gasteiger partial charge in [-0.1, -0.05) is 0 Å². The molecule has 1 aromatic heterocycles. The quantitative estimate of drug-likeness (QED) is 0.788. The summed E-state index contributed by atoms with van der Waals surface area (Å²) < 4.78 is 0. The van der Waals surface area contributed by atoms with Gasteiger partial charge in [0.2, 0.25) is 5.91 Å². The van der Waals surface area contributed by atoms with Crippen molar-refractivity contribution in [2.75, 3.05) is 5.32 Å². The molecule has 0 radical (unpaired) electrons. The Labute approximate surface area is 108 Å². The molecule has 0 aliphatic carbocycles. The van der Waals surface area contributed by atoms with Gasteiger partial charge in [0.15, 0.2) is 5.13 Å². The molecule has 1 atom stereocenters. The van der Waals surface area contributed by atoms with Gasteiger partial charge < -0.3 is 16.2 Å². The lowest BCUT2D eigenvalue weighted by Crippen LogP contribution is -2.32. The smallest absolute Gasteiger partial charge is 0.242 e. The maximum atomic E-state index is 11.4. The summed E-state index contributed by atoms with van der Waals surface area (Å²) in [7, 11) is 0. The van der Waals surface area contributed by atoms with Crippen molar-refractivity contribution < 1.29 is 9.90 Å². The summed E-state index contributed by atoms with van der Waals surface area (Å²) >= 11 is 1.33. The van der Waals surface area contributed by atoms with Crippen molar-refractivity contribution in [1.29, 1.82) is 0 Å². The first-order valence-electron chi connectivity index (χ1n) is 5.37. The second kappa shape index (κ2) is 5.16. The number of carbonyl (C=O) groups is 1. The molecule has 0 fully saturated rings. The number of aromatic hydroxyl groups is 1. The average molecular weight is 263 g/mol. The molecule has 0 aliphatic heterocycles. The molecule has 5 nitrogen and oxygen atoms in total. The lowest BCUT2D eigenvalue weighted by molar-refractivity contribution is -0.117. The predicted octanol–water partition coefficient (Wildman–Crippen LogP) is 1.80. The Morgan fingerprint density at radius 2 is 2.11 bits per heavy atom. The number of hydrogen-bond donors (Lipinski definition) is 3. The fourth-order valence-electron chi connectivity index (χ4n) is 1.32. The molecule has 4 N–H and O–H groups in total. The van der Waals surface area contributed by atoms with Crippen LogP contribution in [0.5, 0.6) is 5.75 Å². The summed E-state index contributed by atoms with van der Waals surface area (Å²) in [5, 5.41) is 14.2. The number of amides is 1. The third-order valence-electron chi connectivity index (χ3n) is 2.31. The number of nitrogens with one attached hydrogen (secondary N) is 1. The van der Waals surface area contributed by atoms with E-state index in [1.165, 1.54) is 11.3 Å². The molecule has 94 valence electrons. The van der Waals surface area contributed by atoms with Gasteiger partial charge in [0.05, 0.1) is 11.7 Å². The Morgan fingerprint density at radius 3 is 2.72 bits per heavy atom. The average Bonchev–Trinajstić information content (AvgIpc) is 2.78. The molecule has 0 unspecified atom stereocenters. The minimum atomic E-state index is -0.564. The van der Waals surface area contributed by atoms with Crippen LogP contribution in [0.3, 0.4) is 0 Å². The van der Waals surface area contributed by atoms with Crippen LogP contribution in [-0.2, 0) is 4.79 Å². The molecule has 18 heavy (non-hydrogen) atoms. The van der Waals surface area contributed by atoms with E-state index in [1.54, 1.807) is 31.2 Å². The zero-order valence-electron chi connectivity index (χ0n) is 9.75. The second-order valence-corrected chi connectivity index (χ2v) is 4.72. The molecule has 1 aromatic carbocycles. The number of thiazole rings is 1. The fourth-order valence-corrected chi connectivity index (χ4v) is 2.04. The van der Waals surface area contributed by atoms with Gasteiger partial charge >= 0.3 is 0 Å². The van der Waals surface area contributed by atoms with Crippen LogP contribution in [-0.4, -0.2) is 22.0 Å². The van der Waals surface area contributed by atoms with Crippen molar-refractivity contribution in [2.24, 2.45) is 5.73 Å². The van der Waals surface area contributed by atoms with Crippen molar-refractivity contribution in [3.8, 4) is 17.0 Å². The molecule has 0 spiro atoms. The molecule has 1 amide bonds. The van der Waals surface area contributed by atoms with E-state index in [0.29, 0.717) is 5.13 Å². The lowest BCUT2D eigenvalue weighted by atomic mass is 10.2. The van der Waals surface area contributed by atoms with Gasteiger partial charge in [-0.25, -0.2) is 4.98 Å². The van der Waals surface area contributed by atoms with E-state index >= 15 is 0 Å². The molecular formula is C12H13N3O2S. The largest absolute Gasteiger partial charge is 0.508 e. The number of aromatic nitrogens is 1. The van der Waals surface area contributed by atoms with E-state index in [1.807, 2.05) is 5.38 Å². The summed E-state index contributed by atoms with van der Waals surface area (Å²) in [4.78, 5) is 15.7. The Bertz CT molecular complexity index is 549. The number of anilines is 1. The maximum absolute atomic E-state index is 11.4. The Hall–Kier alpha value is -1.92. The van der Waals surface area contributed by atoms with Gasteiger partial charge in [0.1, 0.15) is 5.75 Å². The van der Waals surface area contributed by atoms with Crippen molar-refractivity contribution in [1.82, 2.24) is 4.98 Å². The highest BCUT2D eigenvalue weighted by atomic mass is 32.1. The summed E-state index contributed by atoms with van der Waals surface area (Å²) in [6.07, 6.45) is 0. The van der Waals surface area contributed by atoms with Crippen molar-refractivity contribution in [3.63, 3.8) is 0 Å². The van der Waals surface area contributed by atoms with Gasteiger partial charge in [0, 0.05) is 10.9 Å². The molecular weight excluding hydrogens is 250 g/mol. The number of rotatable bonds is 3. The number of nitrogens with zero attached hydrogens (tertiary/aromatic N) is 1. The monoisotopic (exact) mass is 263 g/mol. The SMILES string of the molecule is C[C@H](N)C(=O)Nc1nc(-c2ccc(O)cc2)cs1. The minimum Gasteiger partial charge on any atom is -0.508 e. The predicted molar refractivity (Wildman–Crippen MR) is 71.5 cm³/mol. The molecule has 6 heteroatoms. The van der Waals surface area contributed by atoms with Crippen molar-refractivity contribution >= 4 is 22.4 Å². The second-order valence-electron chi connectivity index (χ2n) is 3.86. The third kappa shape index (κ3) is 2.85. The minimum absolute atomic E-state index is 0.208. The van der Waals surface area contributed by atoms with Crippen LogP contribution in [0, 0.1) is 0 Å². The number of benzene rings is 1. The number of hydrogen-bond acceptors (Lipinski definition) is 5. The van der Waals surface area contributed by atoms with E-state index < -0.39 is 6.04 Å². The first kappa shape index (κ1) is 12.5. The number of nitrogens with two attached hydrogens (primary N) is 1. The van der Waals surface area contributed by atoms with Gasteiger partial charge in [-0.15, -0.1) is 11.3 Å². The zero-order valence-corrected chi connectivity index (χ0v) is 10.6. The summed E-state index contributed by atoms with van der Waals surface area (Å²) in [6, 6.07) is 6.15. The van der Waals surface area contributed by atoms with Crippen molar-refractivity contribution in [2.45, 2.75) is 13.0 Å². The van der Waals surface area contributed by atoms with E-state index in [-0.39, 0.29) is 11.7 Å². The van der Waals surface area contributed by atoms with Crippen LogP contribution in [0.25, 0.3) is 11.3 Å². The molecule has 1 heterocycles. The van der Waals surface area contributed by atoms with E-state index in [4.69, 9.17) is 5.73 Å². The summed E-state index contributed by atoms with van der Waals surface area (Å²) in [6.45, 7) is 1.61. The number of phenolic OH excluding ortho intramolecular Hbond substituents is 1. The van der Waals surface area contributed by atoms with Crippen LogP contribution in [0.1, 0.15) is 6.92 Å². The molecule has 0 saturated heterocycles. The number of phenols is 1. The van der Waals surface area contributed by atoms with Crippen LogP contribution < -0.4 is 11.1 Å². The summed E-state index contributed by atoms with van der Waals surface area (Å²) in [5.74, 6) is -0.0546. The molecule has 0 bridgehead atoms. The Morgan fingerprint density at radius 1 is 1.44 bits per heavy atom. The van der Waals surface area contributed by atoms with Gasteiger partial charge in [-0.3, -0.25) is 4.79 Å². The Balaban J connectivity index is 2.15. The standard InChI is InChI=1S/C12H13N3O2S/c1-7(13)11(17)15-12-14-10(6-18-12)8-2-4-9(16)5-3-8/h2-7,16H,13H2,1H3,(H,14,15,17)/t7-/m0/s1. The highest BCUT2D eigenvalue weighted by Crippen LogP contribution is 2.26. The van der Waals surface area contributed by atoms with Gasteiger partial charge in [0.25, 0.3) is 0 Å².